The molecule has 0 aliphatic carbocycles. The Morgan fingerprint density at radius 1 is 1.24 bits per heavy atom. The van der Waals surface area contributed by atoms with Crippen molar-refractivity contribution in [1.82, 2.24) is 4.90 Å². The molecular formula is C14H17FN2O4. The highest BCUT2D eigenvalue weighted by Gasteiger charge is 2.39. The number of carbonyl (C=O) groups excluding carboxylic acids is 1. The molecule has 0 saturated carbocycles. The van der Waals surface area contributed by atoms with Crippen molar-refractivity contribution in [3.63, 3.8) is 0 Å². The second-order valence-corrected chi connectivity index (χ2v) is 4.98. The standard InChI is InChI=1S/C14H17FN2O4/c1-16(10-5-3-9(15)4-6-10)14(20)17(2)12-8-21-7-11(12)13(18)19/h3-6,11-12H,7-8H2,1-2H3,(H,18,19). The van der Waals surface area contributed by atoms with Crippen LogP contribution in [0.25, 0.3) is 0 Å². The molecule has 2 rings (SSSR count). The van der Waals surface area contributed by atoms with Gasteiger partial charge in [-0.1, -0.05) is 0 Å². The smallest absolute Gasteiger partial charge is 0.324 e. The van der Waals surface area contributed by atoms with Crippen molar-refractivity contribution in [2.75, 3.05) is 32.2 Å². The fourth-order valence-corrected chi connectivity index (χ4v) is 2.31. The van der Waals surface area contributed by atoms with Gasteiger partial charge < -0.3 is 14.7 Å². The van der Waals surface area contributed by atoms with Gasteiger partial charge in [0.2, 0.25) is 0 Å². The first-order chi connectivity index (χ1) is 9.91. The van der Waals surface area contributed by atoms with E-state index in [4.69, 9.17) is 9.84 Å². The molecule has 2 amide bonds. The molecule has 1 aromatic carbocycles. The lowest BCUT2D eigenvalue weighted by Crippen LogP contribution is -2.49. The predicted octanol–water partition coefficient (Wildman–Crippen LogP) is 1.41. The van der Waals surface area contributed by atoms with E-state index in [0.717, 1.165) is 0 Å². The van der Waals surface area contributed by atoms with E-state index in [-0.39, 0.29) is 25.1 Å². The number of ether oxygens (including phenoxy) is 1. The lowest BCUT2D eigenvalue weighted by atomic mass is 10.0. The van der Waals surface area contributed by atoms with Gasteiger partial charge in [0, 0.05) is 19.8 Å². The average Bonchev–Trinajstić information content (AvgIpc) is 2.95. The van der Waals surface area contributed by atoms with E-state index < -0.39 is 17.9 Å². The summed E-state index contributed by atoms with van der Waals surface area (Å²) in [7, 11) is 3.09. The number of carbonyl (C=O) groups is 2. The molecule has 1 aromatic rings. The maximum absolute atomic E-state index is 12.9. The Hall–Kier alpha value is -2.15. The van der Waals surface area contributed by atoms with Crippen LogP contribution < -0.4 is 4.90 Å². The summed E-state index contributed by atoms with van der Waals surface area (Å²) >= 11 is 0. The van der Waals surface area contributed by atoms with E-state index in [2.05, 4.69) is 0 Å². The Labute approximate surface area is 121 Å². The zero-order chi connectivity index (χ0) is 15.6. The van der Waals surface area contributed by atoms with Gasteiger partial charge >= 0.3 is 12.0 Å². The zero-order valence-electron chi connectivity index (χ0n) is 11.8. The maximum Gasteiger partial charge on any atom is 0.324 e. The minimum absolute atomic E-state index is 0.0951. The summed E-state index contributed by atoms with van der Waals surface area (Å²) in [6.45, 7) is 0.286. The highest BCUT2D eigenvalue weighted by Crippen LogP contribution is 2.22. The molecule has 1 saturated heterocycles. The summed E-state index contributed by atoms with van der Waals surface area (Å²) in [5, 5.41) is 9.13. The largest absolute Gasteiger partial charge is 0.481 e. The summed E-state index contributed by atoms with van der Waals surface area (Å²) < 4.78 is 18.1. The molecular weight excluding hydrogens is 279 g/mol. The van der Waals surface area contributed by atoms with Gasteiger partial charge in [-0.15, -0.1) is 0 Å². The number of benzene rings is 1. The van der Waals surface area contributed by atoms with Crippen molar-refractivity contribution in [2.24, 2.45) is 5.92 Å². The number of rotatable bonds is 3. The van der Waals surface area contributed by atoms with Gasteiger partial charge in [0.15, 0.2) is 0 Å². The van der Waals surface area contributed by atoms with E-state index in [1.807, 2.05) is 0 Å². The van der Waals surface area contributed by atoms with Gasteiger partial charge in [0.05, 0.1) is 19.3 Å². The number of amides is 2. The topological polar surface area (TPSA) is 70.1 Å². The third-order valence-electron chi connectivity index (χ3n) is 3.67. The van der Waals surface area contributed by atoms with Crippen LogP contribution in [0.1, 0.15) is 0 Å². The van der Waals surface area contributed by atoms with Crippen molar-refractivity contribution in [3.05, 3.63) is 30.1 Å². The zero-order valence-corrected chi connectivity index (χ0v) is 11.8. The number of urea groups is 1. The van der Waals surface area contributed by atoms with Crippen LogP contribution in [0.3, 0.4) is 0 Å². The van der Waals surface area contributed by atoms with Gasteiger partial charge in [-0.25, -0.2) is 9.18 Å². The number of nitrogens with zero attached hydrogens (tertiary/aromatic N) is 2. The number of likely N-dealkylation sites (N-methyl/N-ethyl adjacent to an activating group) is 1. The molecule has 2 unspecified atom stereocenters. The van der Waals surface area contributed by atoms with Crippen molar-refractivity contribution in [2.45, 2.75) is 6.04 Å². The highest BCUT2D eigenvalue weighted by atomic mass is 19.1. The quantitative estimate of drug-likeness (QED) is 0.915. The SMILES string of the molecule is CN(C(=O)N(C)C1COCC1C(=O)O)c1ccc(F)cc1. The molecule has 0 spiro atoms. The Kier molecular flexibility index (Phi) is 4.42. The molecule has 6 nitrogen and oxygen atoms in total. The number of aliphatic carboxylic acids is 1. The summed E-state index contributed by atoms with van der Waals surface area (Å²) in [4.78, 5) is 26.2. The summed E-state index contributed by atoms with van der Waals surface area (Å²) in [6.07, 6.45) is 0. The summed E-state index contributed by atoms with van der Waals surface area (Å²) in [5.74, 6) is -2.11. The Morgan fingerprint density at radius 2 is 1.86 bits per heavy atom. The molecule has 1 aliphatic rings. The molecule has 1 N–H and O–H groups in total. The first-order valence-electron chi connectivity index (χ1n) is 6.48. The predicted molar refractivity (Wildman–Crippen MR) is 73.7 cm³/mol. The highest BCUT2D eigenvalue weighted by molar-refractivity contribution is 5.91. The monoisotopic (exact) mass is 296 g/mol. The fraction of sp³-hybridized carbons (Fsp3) is 0.429. The van der Waals surface area contributed by atoms with Crippen LogP contribution in [0.5, 0.6) is 0 Å². The van der Waals surface area contributed by atoms with Crippen molar-refractivity contribution < 1.29 is 23.8 Å². The minimum Gasteiger partial charge on any atom is -0.481 e. The number of carboxylic acid groups (broad SMARTS) is 1. The van der Waals surface area contributed by atoms with E-state index in [1.165, 1.54) is 41.1 Å². The first-order valence-corrected chi connectivity index (χ1v) is 6.48. The minimum atomic E-state index is -0.985. The van der Waals surface area contributed by atoms with Gasteiger partial charge in [0.25, 0.3) is 0 Å². The number of halogens is 1. The molecule has 7 heteroatoms. The van der Waals surface area contributed by atoms with Crippen molar-refractivity contribution >= 4 is 17.7 Å². The second-order valence-electron chi connectivity index (χ2n) is 4.98. The van der Waals surface area contributed by atoms with Gasteiger partial charge in [-0.2, -0.15) is 0 Å². The molecule has 0 aromatic heterocycles. The van der Waals surface area contributed by atoms with E-state index in [9.17, 15) is 14.0 Å². The molecule has 0 bridgehead atoms. The van der Waals surface area contributed by atoms with Crippen LogP contribution in [-0.4, -0.2) is 55.4 Å². The van der Waals surface area contributed by atoms with Crippen LogP contribution in [0.4, 0.5) is 14.9 Å². The van der Waals surface area contributed by atoms with E-state index in [0.29, 0.717) is 5.69 Å². The second kappa shape index (κ2) is 6.09. The van der Waals surface area contributed by atoms with Crippen molar-refractivity contribution in [1.29, 1.82) is 0 Å². The maximum atomic E-state index is 12.9. The van der Waals surface area contributed by atoms with Crippen molar-refractivity contribution in [3.8, 4) is 0 Å². The number of hydrogen-bond donors (Lipinski definition) is 1. The molecule has 1 fully saturated rings. The third-order valence-corrected chi connectivity index (χ3v) is 3.67. The number of carboxylic acids is 1. The van der Waals surface area contributed by atoms with E-state index in [1.54, 1.807) is 7.05 Å². The third kappa shape index (κ3) is 3.13. The van der Waals surface area contributed by atoms with Crippen LogP contribution in [-0.2, 0) is 9.53 Å². The van der Waals surface area contributed by atoms with Crippen LogP contribution >= 0.6 is 0 Å². The van der Waals surface area contributed by atoms with Crippen LogP contribution in [0.15, 0.2) is 24.3 Å². The van der Waals surface area contributed by atoms with Crippen LogP contribution in [0.2, 0.25) is 0 Å². The average molecular weight is 296 g/mol. The van der Waals surface area contributed by atoms with E-state index >= 15 is 0 Å². The molecule has 1 heterocycles. The molecule has 21 heavy (non-hydrogen) atoms. The van der Waals surface area contributed by atoms with Gasteiger partial charge in [0.1, 0.15) is 11.7 Å². The summed E-state index contributed by atoms with van der Waals surface area (Å²) in [5.41, 5.74) is 0.527. The lowest BCUT2D eigenvalue weighted by molar-refractivity contribution is -0.142. The Bertz CT molecular complexity index is 534. The Balaban J connectivity index is 2.11. The van der Waals surface area contributed by atoms with Gasteiger partial charge in [-0.3, -0.25) is 9.69 Å². The normalized spacial score (nSPS) is 21.1. The Morgan fingerprint density at radius 3 is 2.43 bits per heavy atom. The first kappa shape index (κ1) is 15.2. The van der Waals surface area contributed by atoms with Crippen LogP contribution in [0, 0.1) is 11.7 Å². The number of hydrogen-bond acceptors (Lipinski definition) is 3. The summed E-state index contributed by atoms with van der Waals surface area (Å²) in [6, 6.07) is 4.61. The molecule has 1 aliphatic heterocycles. The lowest BCUT2D eigenvalue weighted by Gasteiger charge is -2.30. The fourth-order valence-electron chi connectivity index (χ4n) is 2.31. The number of anilines is 1. The molecule has 2 atom stereocenters. The van der Waals surface area contributed by atoms with Gasteiger partial charge in [-0.05, 0) is 24.3 Å². The molecule has 114 valence electrons. The molecule has 0 radical (unpaired) electrons.